The van der Waals surface area contributed by atoms with Gasteiger partial charge in [0.05, 0.1) is 10.5 Å². The minimum absolute atomic E-state index is 0.0485. The molecule has 1 rings (SSSR count). The molecule has 0 saturated carbocycles. The molecular weight excluding hydrogens is 314 g/mol. The molecule has 0 bridgehead atoms. The van der Waals surface area contributed by atoms with Crippen LogP contribution in [0.5, 0.6) is 0 Å². The van der Waals surface area contributed by atoms with Crippen LogP contribution in [0, 0.1) is 6.92 Å². The second kappa shape index (κ2) is 7.15. The maximum Gasteiger partial charge on any atom is 0.335 e. The summed E-state index contributed by atoms with van der Waals surface area (Å²) in [5.41, 5.74) is 0.392. The Hall–Kier alpha value is -1.25. The predicted molar refractivity (Wildman–Crippen MR) is 81.5 cm³/mol. The number of carbonyl (C=O) groups is 1. The molecule has 2 atom stereocenters. The summed E-state index contributed by atoms with van der Waals surface area (Å²) in [7, 11) is -4.79. The van der Waals surface area contributed by atoms with Gasteiger partial charge in [0.1, 0.15) is 0 Å². The van der Waals surface area contributed by atoms with E-state index in [1.165, 1.54) is 12.1 Å². The van der Waals surface area contributed by atoms with Gasteiger partial charge in [0.25, 0.3) is 0 Å². The number of carboxylic acids is 1. The molecule has 1 aromatic carbocycles. The Balaban J connectivity index is 2.90. The zero-order valence-corrected chi connectivity index (χ0v) is 13.8. The lowest BCUT2D eigenvalue weighted by molar-refractivity contribution is 0.0696. The van der Waals surface area contributed by atoms with E-state index in [9.17, 15) is 17.4 Å². The maximum atomic E-state index is 12.2. The number of carboxylic acid groups (broad SMARTS) is 1. The number of aromatic carboxylic acids is 1. The van der Waals surface area contributed by atoms with E-state index in [1.807, 2.05) is 0 Å². The Labute approximate surface area is 127 Å². The van der Waals surface area contributed by atoms with Gasteiger partial charge < -0.3 is 5.11 Å². The molecule has 0 amide bonds. The third-order valence-corrected chi connectivity index (χ3v) is 6.11. The summed E-state index contributed by atoms with van der Waals surface area (Å²) >= 11 is 0. The number of hydrogen-bond donors (Lipinski definition) is 2. The zero-order chi connectivity index (χ0) is 16.2. The standard InChI is InChI=1S/C13H19NO5S2/c1-9-4-5-11(13(15)16)8-12(9)21(18,19)14-7-6-10(2)20(3)17/h4-5,8,10,14H,6-7H2,1-3H3,(H,15,16). The van der Waals surface area contributed by atoms with Gasteiger partial charge in [-0.2, -0.15) is 0 Å². The minimum Gasteiger partial charge on any atom is -0.478 e. The van der Waals surface area contributed by atoms with Crippen molar-refractivity contribution in [2.24, 2.45) is 0 Å². The molecule has 0 aliphatic rings. The highest BCUT2D eigenvalue weighted by Crippen LogP contribution is 2.17. The van der Waals surface area contributed by atoms with Crippen LogP contribution in [-0.2, 0) is 20.8 Å². The van der Waals surface area contributed by atoms with E-state index in [2.05, 4.69) is 4.72 Å². The van der Waals surface area contributed by atoms with Crippen molar-refractivity contribution in [3.63, 3.8) is 0 Å². The van der Waals surface area contributed by atoms with Crippen LogP contribution in [0.25, 0.3) is 0 Å². The lowest BCUT2D eigenvalue weighted by Gasteiger charge is -2.12. The number of sulfonamides is 1. The van der Waals surface area contributed by atoms with Gasteiger partial charge in [-0.05, 0) is 31.0 Å². The van der Waals surface area contributed by atoms with Gasteiger partial charge in [-0.25, -0.2) is 17.9 Å². The lowest BCUT2D eigenvalue weighted by atomic mass is 10.1. The van der Waals surface area contributed by atoms with Crippen molar-refractivity contribution in [2.75, 3.05) is 12.8 Å². The molecule has 21 heavy (non-hydrogen) atoms. The fourth-order valence-corrected chi connectivity index (χ4v) is 3.43. The monoisotopic (exact) mass is 333 g/mol. The molecule has 0 fully saturated rings. The van der Waals surface area contributed by atoms with E-state index < -0.39 is 26.8 Å². The van der Waals surface area contributed by atoms with Crippen molar-refractivity contribution in [2.45, 2.75) is 30.4 Å². The molecule has 2 N–H and O–H groups in total. The molecule has 8 heteroatoms. The molecule has 2 unspecified atom stereocenters. The average molecular weight is 333 g/mol. The van der Waals surface area contributed by atoms with Gasteiger partial charge in [0.2, 0.25) is 10.0 Å². The van der Waals surface area contributed by atoms with Crippen LogP contribution in [0.1, 0.15) is 29.3 Å². The first-order valence-electron chi connectivity index (χ1n) is 6.31. The molecule has 1 aromatic rings. The van der Waals surface area contributed by atoms with Gasteiger partial charge in [0, 0.05) is 28.9 Å². The van der Waals surface area contributed by atoms with E-state index in [-0.39, 0.29) is 22.3 Å². The summed E-state index contributed by atoms with van der Waals surface area (Å²) in [5, 5.41) is 8.81. The molecule has 0 aliphatic carbocycles. The van der Waals surface area contributed by atoms with Crippen LogP contribution in [0.4, 0.5) is 0 Å². The number of rotatable bonds is 7. The summed E-state index contributed by atoms with van der Waals surface area (Å²) in [6, 6.07) is 3.96. The fraction of sp³-hybridized carbons (Fsp3) is 0.462. The normalized spacial score (nSPS) is 14.6. The average Bonchev–Trinajstić information content (AvgIpc) is 2.38. The number of aryl methyl sites for hydroxylation is 1. The van der Waals surface area contributed by atoms with E-state index in [4.69, 9.17) is 5.11 Å². The highest BCUT2D eigenvalue weighted by molar-refractivity contribution is 7.89. The summed E-state index contributed by atoms with van der Waals surface area (Å²) < 4.78 is 38.0. The summed E-state index contributed by atoms with van der Waals surface area (Å²) in [5.74, 6) is -1.18. The van der Waals surface area contributed by atoms with Crippen molar-refractivity contribution in [1.29, 1.82) is 0 Å². The quantitative estimate of drug-likeness (QED) is 0.779. The van der Waals surface area contributed by atoms with Gasteiger partial charge in [0.15, 0.2) is 0 Å². The van der Waals surface area contributed by atoms with Crippen molar-refractivity contribution in [1.82, 2.24) is 4.72 Å². The van der Waals surface area contributed by atoms with Crippen LogP contribution in [0.3, 0.4) is 0 Å². The van der Waals surface area contributed by atoms with Crippen LogP contribution in [0.15, 0.2) is 23.1 Å². The van der Waals surface area contributed by atoms with Gasteiger partial charge in [-0.1, -0.05) is 13.0 Å². The Morgan fingerprint density at radius 2 is 2.05 bits per heavy atom. The number of benzene rings is 1. The first kappa shape index (κ1) is 17.8. The lowest BCUT2D eigenvalue weighted by Crippen LogP contribution is -2.28. The number of hydrogen-bond acceptors (Lipinski definition) is 4. The third kappa shape index (κ3) is 4.90. The summed E-state index contributed by atoms with van der Waals surface area (Å²) in [6.45, 7) is 3.53. The zero-order valence-electron chi connectivity index (χ0n) is 12.1. The van der Waals surface area contributed by atoms with Gasteiger partial charge >= 0.3 is 5.97 Å². The van der Waals surface area contributed by atoms with Crippen molar-refractivity contribution >= 4 is 26.8 Å². The van der Waals surface area contributed by atoms with E-state index in [1.54, 1.807) is 20.1 Å². The molecular formula is C13H19NO5S2. The maximum absolute atomic E-state index is 12.2. The van der Waals surface area contributed by atoms with Crippen molar-refractivity contribution < 1.29 is 22.5 Å². The molecule has 0 radical (unpaired) electrons. The van der Waals surface area contributed by atoms with E-state index >= 15 is 0 Å². The minimum atomic E-state index is -3.78. The van der Waals surface area contributed by atoms with Crippen LogP contribution >= 0.6 is 0 Å². The van der Waals surface area contributed by atoms with Crippen LogP contribution in [-0.4, -0.2) is 41.8 Å². The second-order valence-electron chi connectivity index (χ2n) is 4.78. The van der Waals surface area contributed by atoms with E-state index in [0.717, 1.165) is 6.07 Å². The molecule has 118 valence electrons. The van der Waals surface area contributed by atoms with Crippen molar-refractivity contribution in [3.8, 4) is 0 Å². The van der Waals surface area contributed by atoms with Gasteiger partial charge in [-0.15, -0.1) is 0 Å². The predicted octanol–water partition coefficient (Wildman–Crippen LogP) is 1.13. The Morgan fingerprint density at radius 1 is 1.43 bits per heavy atom. The SMILES string of the molecule is Cc1ccc(C(=O)O)cc1S(=O)(=O)NCCC(C)S(C)=O. The molecule has 0 aliphatic heterocycles. The van der Waals surface area contributed by atoms with Crippen molar-refractivity contribution in [3.05, 3.63) is 29.3 Å². The summed E-state index contributed by atoms with van der Waals surface area (Å²) in [6.07, 6.45) is 2.01. The highest BCUT2D eigenvalue weighted by Gasteiger charge is 2.19. The summed E-state index contributed by atoms with van der Waals surface area (Å²) in [4.78, 5) is 10.9. The Bertz CT molecular complexity index is 655. The van der Waals surface area contributed by atoms with E-state index in [0.29, 0.717) is 12.0 Å². The fourth-order valence-electron chi connectivity index (χ4n) is 1.66. The van der Waals surface area contributed by atoms with Gasteiger partial charge in [-0.3, -0.25) is 4.21 Å². The van der Waals surface area contributed by atoms with Crippen LogP contribution < -0.4 is 4.72 Å². The number of nitrogens with one attached hydrogen (secondary N) is 1. The smallest absolute Gasteiger partial charge is 0.335 e. The topological polar surface area (TPSA) is 101 Å². The Kier molecular flexibility index (Phi) is 6.06. The van der Waals surface area contributed by atoms with Crippen LogP contribution in [0.2, 0.25) is 0 Å². The molecule has 0 saturated heterocycles. The molecule has 6 nitrogen and oxygen atoms in total. The third-order valence-electron chi connectivity index (χ3n) is 3.13. The highest BCUT2D eigenvalue weighted by atomic mass is 32.2. The first-order chi connectivity index (χ1) is 9.65. The molecule has 0 spiro atoms. The molecule has 0 aromatic heterocycles. The second-order valence-corrected chi connectivity index (χ2v) is 8.32. The molecule has 0 heterocycles. The largest absolute Gasteiger partial charge is 0.478 e. The Morgan fingerprint density at radius 3 is 2.57 bits per heavy atom. The first-order valence-corrected chi connectivity index (χ1v) is 9.41.